The second-order valence-electron chi connectivity index (χ2n) is 5.40. The van der Waals surface area contributed by atoms with Crippen LogP contribution in [0.1, 0.15) is 20.0 Å². The van der Waals surface area contributed by atoms with Gasteiger partial charge in [0.1, 0.15) is 12.0 Å². The molecule has 0 saturated heterocycles. The van der Waals surface area contributed by atoms with E-state index in [0.717, 1.165) is 28.1 Å². The minimum Gasteiger partial charge on any atom is -0.497 e. The number of carbonyl (C=O) groups excluding carboxylic acids is 2. The molecule has 2 aromatic heterocycles. The zero-order valence-electron chi connectivity index (χ0n) is 12.9. The largest absolute Gasteiger partial charge is 0.497 e. The zero-order chi connectivity index (χ0) is 16.7. The van der Waals surface area contributed by atoms with E-state index in [2.05, 4.69) is 0 Å². The molecule has 24 heavy (non-hydrogen) atoms. The van der Waals surface area contributed by atoms with Gasteiger partial charge in [0.25, 0.3) is 5.91 Å². The highest BCUT2D eigenvalue weighted by Crippen LogP contribution is 2.33. The van der Waals surface area contributed by atoms with Crippen LogP contribution in [0.3, 0.4) is 0 Å². The molecule has 2 heterocycles. The molecule has 0 N–H and O–H groups in total. The number of aromatic nitrogens is 1. The van der Waals surface area contributed by atoms with E-state index >= 15 is 0 Å². The molecule has 4 nitrogen and oxygen atoms in total. The molecule has 4 aromatic rings. The van der Waals surface area contributed by atoms with Crippen LogP contribution >= 0.6 is 11.3 Å². The molecule has 0 atom stereocenters. The standard InChI is InChI=1S/C19H13NO3S/c1-23-13-5-7-15-14-6-4-12(11-21)9-16(14)20(17(15)10-13)19(22)18-3-2-8-24-18/h2-11H,1H3. The van der Waals surface area contributed by atoms with Crippen molar-refractivity contribution in [3.63, 3.8) is 0 Å². The van der Waals surface area contributed by atoms with Gasteiger partial charge in [0, 0.05) is 22.4 Å². The van der Waals surface area contributed by atoms with Crippen molar-refractivity contribution in [2.75, 3.05) is 7.11 Å². The molecule has 0 saturated carbocycles. The number of ether oxygens (including phenoxy) is 1. The highest BCUT2D eigenvalue weighted by Gasteiger charge is 2.19. The number of benzene rings is 2. The SMILES string of the molecule is COc1ccc2c3ccc(C=O)cc3n(C(=O)c3cccs3)c2c1. The lowest BCUT2D eigenvalue weighted by atomic mass is 10.1. The van der Waals surface area contributed by atoms with Gasteiger partial charge in [-0.3, -0.25) is 14.2 Å². The number of methoxy groups -OCH3 is 1. The van der Waals surface area contributed by atoms with Crippen LogP contribution in [0.15, 0.2) is 53.9 Å². The average Bonchev–Trinajstić information content (AvgIpc) is 3.26. The van der Waals surface area contributed by atoms with E-state index in [1.807, 2.05) is 35.7 Å². The van der Waals surface area contributed by atoms with E-state index in [9.17, 15) is 9.59 Å². The Hall–Kier alpha value is -2.92. The molecule has 0 fully saturated rings. The molecule has 118 valence electrons. The van der Waals surface area contributed by atoms with Crippen molar-refractivity contribution in [2.24, 2.45) is 0 Å². The van der Waals surface area contributed by atoms with Crippen LogP contribution in [0.5, 0.6) is 5.75 Å². The van der Waals surface area contributed by atoms with Gasteiger partial charge in [-0.2, -0.15) is 0 Å². The van der Waals surface area contributed by atoms with E-state index < -0.39 is 0 Å². The fourth-order valence-corrected chi connectivity index (χ4v) is 3.60. The van der Waals surface area contributed by atoms with Gasteiger partial charge in [-0.1, -0.05) is 18.2 Å². The Morgan fingerprint density at radius 1 is 1.08 bits per heavy atom. The van der Waals surface area contributed by atoms with Gasteiger partial charge >= 0.3 is 0 Å². The van der Waals surface area contributed by atoms with Crippen LogP contribution in [-0.4, -0.2) is 23.9 Å². The first-order valence-electron chi connectivity index (χ1n) is 7.38. The number of nitrogens with zero attached hydrogens (tertiary/aromatic N) is 1. The van der Waals surface area contributed by atoms with Gasteiger partial charge in [0.05, 0.1) is 23.0 Å². The monoisotopic (exact) mass is 335 g/mol. The van der Waals surface area contributed by atoms with Gasteiger partial charge in [0.2, 0.25) is 0 Å². The predicted octanol–water partition coefficient (Wildman–Crippen LogP) is 4.37. The van der Waals surface area contributed by atoms with E-state index in [1.165, 1.54) is 11.3 Å². The van der Waals surface area contributed by atoms with Crippen molar-refractivity contribution in [2.45, 2.75) is 0 Å². The van der Waals surface area contributed by atoms with E-state index in [1.54, 1.807) is 29.9 Å². The average molecular weight is 335 g/mol. The summed E-state index contributed by atoms with van der Waals surface area (Å²) in [6, 6.07) is 14.7. The molecule has 0 bridgehead atoms. The number of rotatable bonds is 3. The van der Waals surface area contributed by atoms with Gasteiger partial charge in [0.15, 0.2) is 0 Å². The summed E-state index contributed by atoms with van der Waals surface area (Å²) in [6.07, 6.45) is 0.789. The Morgan fingerprint density at radius 2 is 1.83 bits per heavy atom. The summed E-state index contributed by atoms with van der Waals surface area (Å²) in [6.45, 7) is 0. The summed E-state index contributed by atoms with van der Waals surface area (Å²) < 4.78 is 6.97. The number of hydrogen-bond acceptors (Lipinski definition) is 4. The summed E-state index contributed by atoms with van der Waals surface area (Å²) in [5.41, 5.74) is 2.03. The molecule has 0 amide bonds. The third-order valence-electron chi connectivity index (χ3n) is 4.07. The van der Waals surface area contributed by atoms with Crippen LogP contribution in [-0.2, 0) is 0 Å². The van der Waals surface area contributed by atoms with Gasteiger partial charge in [-0.15, -0.1) is 11.3 Å². The second-order valence-corrected chi connectivity index (χ2v) is 6.34. The van der Waals surface area contributed by atoms with E-state index in [4.69, 9.17) is 4.74 Å². The minimum absolute atomic E-state index is 0.110. The van der Waals surface area contributed by atoms with Gasteiger partial charge in [-0.25, -0.2) is 0 Å². The lowest BCUT2D eigenvalue weighted by Gasteiger charge is -2.06. The van der Waals surface area contributed by atoms with Crippen LogP contribution in [0, 0.1) is 0 Å². The van der Waals surface area contributed by atoms with Crippen molar-refractivity contribution in [1.29, 1.82) is 0 Å². The lowest BCUT2D eigenvalue weighted by molar-refractivity contribution is 0.0973. The number of thiophene rings is 1. The topological polar surface area (TPSA) is 48.3 Å². The van der Waals surface area contributed by atoms with Gasteiger partial charge < -0.3 is 4.74 Å². The predicted molar refractivity (Wildman–Crippen MR) is 95.4 cm³/mol. The van der Waals surface area contributed by atoms with Crippen molar-refractivity contribution in [1.82, 2.24) is 4.57 Å². The molecule has 0 aliphatic carbocycles. The molecular weight excluding hydrogens is 322 g/mol. The van der Waals surface area contributed by atoms with Crippen LogP contribution in [0.4, 0.5) is 0 Å². The van der Waals surface area contributed by atoms with Crippen LogP contribution in [0.25, 0.3) is 21.8 Å². The van der Waals surface area contributed by atoms with E-state index in [0.29, 0.717) is 16.2 Å². The van der Waals surface area contributed by atoms with E-state index in [-0.39, 0.29) is 5.91 Å². The van der Waals surface area contributed by atoms with Crippen LogP contribution in [0.2, 0.25) is 0 Å². The highest BCUT2D eigenvalue weighted by atomic mass is 32.1. The zero-order valence-corrected chi connectivity index (χ0v) is 13.7. The summed E-state index contributed by atoms with van der Waals surface area (Å²) in [5, 5.41) is 3.76. The first-order valence-corrected chi connectivity index (χ1v) is 8.26. The lowest BCUT2D eigenvalue weighted by Crippen LogP contribution is -2.10. The Labute approximate surface area is 141 Å². The highest BCUT2D eigenvalue weighted by molar-refractivity contribution is 7.12. The van der Waals surface area contributed by atoms with Crippen molar-refractivity contribution >= 4 is 45.3 Å². The fourth-order valence-electron chi connectivity index (χ4n) is 2.94. The third-order valence-corrected chi connectivity index (χ3v) is 4.93. The number of hydrogen-bond donors (Lipinski definition) is 0. The quantitative estimate of drug-likeness (QED) is 0.523. The molecule has 2 aromatic carbocycles. The Bertz CT molecular complexity index is 1080. The number of fused-ring (bicyclic) bond motifs is 3. The van der Waals surface area contributed by atoms with Crippen molar-refractivity contribution in [3.8, 4) is 5.75 Å². The molecule has 0 aliphatic rings. The maximum atomic E-state index is 13.0. The first kappa shape index (κ1) is 14.7. The van der Waals surface area contributed by atoms with Crippen LogP contribution < -0.4 is 4.74 Å². The Morgan fingerprint density at radius 3 is 2.50 bits per heavy atom. The smallest absolute Gasteiger partial charge is 0.272 e. The Kier molecular flexibility index (Phi) is 3.43. The maximum Gasteiger partial charge on any atom is 0.272 e. The fraction of sp³-hybridized carbons (Fsp3) is 0.0526. The molecule has 0 spiro atoms. The van der Waals surface area contributed by atoms with Crippen molar-refractivity contribution < 1.29 is 14.3 Å². The summed E-state index contributed by atoms with van der Waals surface area (Å²) >= 11 is 1.40. The molecule has 0 radical (unpaired) electrons. The molecule has 0 unspecified atom stereocenters. The van der Waals surface area contributed by atoms with Crippen molar-refractivity contribution in [3.05, 3.63) is 64.4 Å². The number of carbonyl (C=O) groups is 2. The summed E-state index contributed by atoms with van der Waals surface area (Å²) in [4.78, 5) is 24.8. The Balaban J connectivity index is 2.12. The summed E-state index contributed by atoms with van der Waals surface area (Å²) in [7, 11) is 1.60. The summed E-state index contributed by atoms with van der Waals surface area (Å²) in [5.74, 6) is 0.572. The minimum atomic E-state index is -0.110. The number of aldehydes is 1. The molecule has 0 aliphatic heterocycles. The third kappa shape index (κ3) is 2.13. The maximum absolute atomic E-state index is 13.0. The first-order chi connectivity index (χ1) is 11.7. The van der Waals surface area contributed by atoms with Gasteiger partial charge in [-0.05, 0) is 29.6 Å². The second kappa shape index (κ2) is 5.62. The molecule has 4 rings (SSSR count). The molecule has 5 heteroatoms. The molecular formula is C19H13NO3S. The normalized spacial score (nSPS) is 11.0.